The van der Waals surface area contributed by atoms with Crippen LogP contribution in [0.4, 0.5) is 11.8 Å². The first-order chi connectivity index (χ1) is 12.0. The molecule has 6 nitrogen and oxygen atoms in total. The summed E-state index contributed by atoms with van der Waals surface area (Å²) in [4.78, 5) is 11.4. The fraction of sp³-hybridized carbons (Fsp3) is 0.778. The number of rotatable bonds is 5. The number of nitrogens with one attached hydrogen (secondary N) is 1. The standard InChI is InChI=1S/C18H30N4O2S/c1-3-22(16-10-11-25(23,24)13-16)17-12-14(2)19-18(21-17)20-15-8-6-4-5-7-9-15/h12,15-16H,3-11,13H2,1-2H3,(H,19,20,21). The van der Waals surface area contributed by atoms with E-state index in [1.165, 1.54) is 38.5 Å². The van der Waals surface area contributed by atoms with Crippen LogP contribution in [0.2, 0.25) is 0 Å². The van der Waals surface area contributed by atoms with Crippen LogP contribution in [-0.2, 0) is 9.84 Å². The van der Waals surface area contributed by atoms with Gasteiger partial charge in [0.2, 0.25) is 5.95 Å². The molecule has 1 aromatic heterocycles. The Morgan fingerprint density at radius 2 is 1.88 bits per heavy atom. The van der Waals surface area contributed by atoms with Gasteiger partial charge >= 0.3 is 0 Å². The zero-order valence-corrected chi connectivity index (χ0v) is 16.2. The highest BCUT2D eigenvalue weighted by Crippen LogP contribution is 2.25. The molecule has 140 valence electrons. The van der Waals surface area contributed by atoms with Crippen LogP contribution in [0.3, 0.4) is 0 Å². The van der Waals surface area contributed by atoms with Crippen molar-refractivity contribution in [1.82, 2.24) is 9.97 Å². The lowest BCUT2D eigenvalue weighted by Crippen LogP contribution is -2.37. The molecule has 1 aliphatic heterocycles. The van der Waals surface area contributed by atoms with Gasteiger partial charge in [0.05, 0.1) is 11.5 Å². The van der Waals surface area contributed by atoms with Crippen LogP contribution in [-0.4, -0.2) is 48.5 Å². The van der Waals surface area contributed by atoms with Crippen molar-refractivity contribution in [2.45, 2.75) is 70.9 Å². The topological polar surface area (TPSA) is 75.2 Å². The Morgan fingerprint density at radius 3 is 2.48 bits per heavy atom. The Labute approximate surface area is 151 Å². The summed E-state index contributed by atoms with van der Waals surface area (Å²) in [6.45, 7) is 4.78. The normalized spacial score (nSPS) is 24.0. The molecule has 1 aromatic rings. The molecule has 2 aliphatic rings. The summed E-state index contributed by atoms with van der Waals surface area (Å²) >= 11 is 0. The number of nitrogens with zero attached hydrogens (tertiary/aromatic N) is 3. The Morgan fingerprint density at radius 1 is 1.16 bits per heavy atom. The maximum absolute atomic E-state index is 11.8. The van der Waals surface area contributed by atoms with Crippen molar-refractivity contribution in [2.24, 2.45) is 0 Å². The zero-order chi connectivity index (χ0) is 17.9. The molecule has 25 heavy (non-hydrogen) atoms. The van der Waals surface area contributed by atoms with Crippen molar-refractivity contribution >= 4 is 21.6 Å². The highest BCUT2D eigenvalue weighted by atomic mass is 32.2. The number of anilines is 2. The summed E-state index contributed by atoms with van der Waals surface area (Å²) in [5.41, 5.74) is 0.917. The monoisotopic (exact) mass is 366 g/mol. The first kappa shape index (κ1) is 18.4. The van der Waals surface area contributed by atoms with Gasteiger partial charge in [-0.1, -0.05) is 25.7 Å². The lowest BCUT2D eigenvalue weighted by atomic mass is 10.1. The molecule has 1 N–H and O–H groups in total. The first-order valence-corrected chi connectivity index (χ1v) is 11.4. The smallest absolute Gasteiger partial charge is 0.225 e. The average Bonchev–Trinajstić information content (AvgIpc) is 2.74. The Balaban J connectivity index is 1.77. The summed E-state index contributed by atoms with van der Waals surface area (Å²) in [7, 11) is -2.91. The van der Waals surface area contributed by atoms with Gasteiger partial charge in [-0.05, 0) is 33.1 Å². The van der Waals surface area contributed by atoms with Crippen molar-refractivity contribution in [3.8, 4) is 0 Å². The van der Waals surface area contributed by atoms with E-state index in [1.54, 1.807) is 0 Å². The predicted octanol–water partition coefficient (Wildman–Crippen LogP) is 2.93. The molecule has 2 fully saturated rings. The Kier molecular flexibility index (Phi) is 5.81. The largest absolute Gasteiger partial charge is 0.353 e. The van der Waals surface area contributed by atoms with E-state index in [9.17, 15) is 8.42 Å². The number of sulfone groups is 1. The van der Waals surface area contributed by atoms with Crippen LogP contribution in [0, 0.1) is 6.92 Å². The van der Waals surface area contributed by atoms with Crippen molar-refractivity contribution < 1.29 is 8.42 Å². The van der Waals surface area contributed by atoms with E-state index in [4.69, 9.17) is 4.98 Å². The molecular weight excluding hydrogens is 336 g/mol. The summed E-state index contributed by atoms with van der Waals surface area (Å²) in [6.07, 6.45) is 8.19. The second-order valence-electron chi connectivity index (χ2n) is 7.37. The Bertz CT molecular complexity index is 684. The molecule has 1 saturated heterocycles. The number of hydrogen-bond acceptors (Lipinski definition) is 6. The second-order valence-corrected chi connectivity index (χ2v) is 9.60. The van der Waals surface area contributed by atoms with E-state index in [0.29, 0.717) is 18.4 Å². The van der Waals surface area contributed by atoms with Crippen LogP contribution >= 0.6 is 0 Å². The molecule has 1 saturated carbocycles. The third-order valence-corrected chi connectivity index (χ3v) is 7.06. The third kappa shape index (κ3) is 4.84. The summed E-state index contributed by atoms with van der Waals surface area (Å²) in [5, 5.41) is 3.52. The molecule has 1 unspecified atom stereocenters. The van der Waals surface area contributed by atoms with E-state index in [1.807, 2.05) is 13.0 Å². The van der Waals surface area contributed by atoms with Gasteiger partial charge in [0, 0.05) is 30.4 Å². The van der Waals surface area contributed by atoms with E-state index < -0.39 is 9.84 Å². The van der Waals surface area contributed by atoms with Gasteiger partial charge in [0.25, 0.3) is 0 Å². The quantitative estimate of drug-likeness (QED) is 0.808. The molecule has 0 radical (unpaired) electrons. The van der Waals surface area contributed by atoms with Crippen LogP contribution < -0.4 is 10.2 Å². The molecular formula is C18H30N4O2S. The van der Waals surface area contributed by atoms with Crippen molar-refractivity contribution in [1.29, 1.82) is 0 Å². The Hall–Kier alpha value is -1.37. The van der Waals surface area contributed by atoms with Gasteiger partial charge in [-0.25, -0.2) is 13.4 Å². The van der Waals surface area contributed by atoms with Crippen molar-refractivity contribution in [3.05, 3.63) is 11.8 Å². The average molecular weight is 367 g/mol. The molecule has 1 atom stereocenters. The van der Waals surface area contributed by atoms with Gasteiger partial charge in [-0.15, -0.1) is 0 Å². The minimum Gasteiger partial charge on any atom is -0.353 e. The zero-order valence-electron chi connectivity index (χ0n) is 15.4. The molecule has 1 aliphatic carbocycles. The fourth-order valence-electron chi connectivity index (χ4n) is 4.00. The molecule has 7 heteroatoms. The predicted molar refractivity (Wildman–Crippen MR) is 102 cm³/mol. The van der Waals surface area contributed by atoms with E-state index >= 15 is 0 Å². The first-order valence-electron chi connectivity index (χ1n) is 9.56. The van der Waals surface area contributed by atoms with E-state index in [0.717, 1.165) is 18.1 Å². The van der Waals surface area contributed by atoms with E-state index in [2.05, 4.69) is 22.1 Å². The lowest BCUT2D eigenvalue weighted by Gasteiger charge is -2.28. The highest BCUT2D eigenvalue weighted by molar-refractivity contribution is 7.91. The number of aromatic nitrogens is 2. The molecule has 0 bridgehead atoms. The van der Waals surface area contributed by atoms with E-state index in [-0.39, 0.29) is 17.5 Å². The second kappa shape index (κ2) is 7.89. The number of aryl methyl sites for hydroxylation is 1. The van der Waals surface area contributed by atoms with Crippen LogP contribution in [0.5, 0.6) is 0 Å². The van der Waals surface area contributed by atoms with Crippen LogP contribution in [0.15, 0.2) is 6.07 Å². The lowest BCUT2D eigenvalue weighted by molar-refractivity contribution is 0.599. The number of hydrogen-bond donors (Lipinski definition) is 1. The van der Waals surface area contributed by atoms with Crippen molar-refractivity contribution in [2.75, 3.05) is 28.3 Å². The minimum atomic E-state index is -2.91. The summed E-state index contributed by atoms with van der Waals surface area (Å²) < 4.78 is 23.7. The highest BCUT2D eigenvalue weighted by Gasteiger charge is 2.32. The molecule has 0 aromatic carbocycles. The minimum absolute atomic E-state index is 0.0232. The maximum Gasteiger partial charge on any atom is 0.225 e. The maximum atomic E-state index is 11.8. The van der Waals surface area contributed by atoms with Gasteiger partial charge in [0.1, 0.15) is 5.82 Å². The van der Waals surface area contributed by atoms with Gasteiger partial charge in [0.15, 0.2) is 9.84 Å². The van der Waals surface area contributed by atoms with Gasteiger partial charge in [-0.3, -0.25) is 0 Å². The van der Waals surface area contributed by atoms with Gasteiger partial charge in [-0.2, -0.15) is 4.98 Å². The fourth-order valence-corrected chi connectivity index (χ4v) is 5.73. The molecule has 0 amide bonds. The van der Waals surface area contributed by atoms with Crippen LogP contribution in [0.1, 0.15) is 57.6 Å². The summed E-state index contributed by atoms with van der Waals surface area (Å²) in [5.74, 6) is 2.04. The SMILES string of the molecule is CCN(c1cc(C)nc(NC2CCCCCC2)n1)C1CCS(=O)(=O)C1. The summed E-state index contributed by atoms with van der Waals surface area (Å²) in [6, 6.07) is 2.43. The molecule has 0 spiro atoms. The van der Waals surface area contributed by atoms with Crippen LogP contribution in [0.25, 0.3) is 0 Å². The molecule has 2 heterocycles. The molecule has 3 rings (SSSR count). The third-order valence-electron chi connectivity index (χ3n) is 5.31. The van der Waals surface area contributed by atoms with Gasteiger partial charge < -0.3 is 10.2 Å². The van der Waals surface area contributed by atoms with Crippen molar-refractivity contribution in [3.63, 3.8) is 0 Å².